The number of thiazole rings is 1. The topological polar surface area (TPSA) is 72.5 Å². The molecule has 1 aromatic heterocycles. The van der Waals surface area contributed by atoms with Gasteiger partial charge in [0.1, 0.15) is 12.4 Å². The molecule has 0 aliphatic carbocycles. The number of aromatic nitrogens is 1. The molecule has 1 aliphatic rings. The van der Waals surface area contributed by atoms with Gasteiger partial charge in [0.05, 0.1) is 12.0 Å². The monoisotopic (exact) mass is 343 g/mol. The molecule has 1 amide bonds. The van der Waals surface area contributed by atoms with E-state index < -0.39 is 0 Å². The summed E-state index contributed by atoms with van der Waals surface area (Å²) in [6, 6.07) is 5.63. The summed E-state index contributed by atoms with van der Waals surface area (Å²) in [6.45, 7) is 0.173. The summed E-state index contributed by atoms with van der Waals surface area (Å²) in [4.78, 5) is 17.4. The van der Waals surface area contributed by atoms with Crippen molar-refractivity contribution in [1.82, 2.24) is 4.98 Å². The summed E-state index contributed by atoms with van der Waals surface area (Å²) in [5, 5.41) is 6.61. The van der Waals surface area contributed by atoms with E-state index in [0.717, 1.165) is 15.6 Å². The first kappa shape index (κ1) is 16.1. The third-order valence-corrected chi connectivity index (χ3v) is 4.92. The third-order valence-electron chi connectivity index (χ3n) is 3.73. The van der Waals surface area contributed by atoms with Gasteiger partial charge in [-0.25, -0.2) is 4.98 Å². The number of terminal acetylenes is 1. The average Bonchev–Trinajstić information content (AvgIpc) is 3.02. The number of ether oxygens (including phenoxy) is 2. The van der Waals surface area contributed by atoms with Gasteiger partial charge in [-0.05, 0) is 17.7 Å². The van der Waals surface area contributed by atoms with Crippen molar-refractivity contribution in [2.24, 2.45) is 0 Å². The van der Waals surface area contributed by atoms with Gasteiger partial charge in [-0.2, -0.15) is 0 Å². The molecule has 0 saturated heterocycles. The first-order valence-electron chi connectivity index (χ1n) is 7.38. The minimum Gasteiger partial charge on any atom is -0.493 e. The molecule has 124 valence electrons. The zero-order valence-corrected chi connectivity index (χ0v) is 14.2. The van der Waals surface area contributed by atoms with Crippen LogP contribution in [0.2, 0.25) is 0 Å². The predicted octanol–water partition coefficient (Wildman–Crippen LogP) is 2.68. The van der Waals surface area contributed by atoms with Crippen LogP contribution in [0.25, 0.3) is 0 Å². The van der Waals surface area contributed by atoms with E-state index >= 15 is 0 Å². The molecule has 0 saturated carbocycles. The number of hydrogen-bond acceptors (Lipinski definition) is 6. The summed E-state index contributed by atoms with van der Waals surface area (Å²) < 4.78 is 10.9. The zero-order valence-electron chi connectivity index (χ0n) is 13.4. The van der Waals surface area contributed by atoms with Gasteiger partial charge < -0.3 is 20.1 Å². The molecule has 2 N–H and O–H groups in total. The number of nitrogens with one attached hydrogen (secondary N) is 2. The van der Waals surface area contributed by atoms with E-state index in [2.05, 4.69) is 21.5 Å². The summed E-state index contributed by atoms with van der Waals surface area (Å²) in [5.41, 5.74) is 0.974. The van der Waals surface area contributed by atoms with Gasteiger partial charge in [-0.1, -0.05) is 23.3 Å². The molecule has 3 rings (SSSR count). The number of rotatable bonds is 5. The minimum absolute atomic E-state index is 0.0490. The fourth-order valence-electron chi connectivity index (χ4n) is 2.63. The maximum absolute atomic E-state index is 12.0. The first-order chi connectivity index (χ1) is 11.7. The highest BCUT2D eigenvalue weighted by molar-refractivity contribution is 7.16. The lowest BCUT2D eigenvalue weighted by atomic mass is 9.91. The number of amides is 1. The molecule has 6 nitrogen and oxygen atoms in total. The highest BCUT2D eigenvalue weighted by Gasteiger charge is 2.30. The number of fused-ring (bicyclic) bond motifs is 1. The highest BCUT2D eigenvalue weighted by Crippen LogP contribution is 2.43. The van der Waals surface area contributed by atoms with Crippen molar-refractivity contribution in [3.63, 3.8) is 0 Å². The molecular weight excluding hydrogens is 326 g/mol. The maximum Gasteiger partial charge on any atom is 0.226 e. The fraction of sp³-hybridized carbons (Fsp3) is 0.294. The Labute approximate surface area is 144 Å². The Morgan fingerprint density at radius 3 is 3.04 bits per heavy atom. The van der Waals surface area contributed by atoms with Crippen LogP contribution < -0.4 is 20.1 Å². The van der Waals surface area contributed by atoms with E-state index in [0.29, 0.717) is 23.7 Å². The Morgan fingerprint density at radius 2 is 2.33 bits per heavy atom. The second-order valence-electron chi connectivity index (χ2n) is 5.19. The fourth-order valence-corrected chi connectivity index (χ4v) is 3.64. The van der Waals surface area contributed by atoms with E-state index in [1.807, 2.05) is 25.2 Å². The molecule has 0 bridgehead atoms. The van der Waals surface area contributed by atoms with Gasteiger partial charge in [0, 0.05) is 19.4 Å². The van der Waals surface area contributed by atoms with Crippen molar-refractivity contribution >= 4 is 28.2 Å². The van der Waals surface area contributed by atoms with Gasteiger partial charge in [0.15, 0.2) is 16.6 Å². The highest BCUT2D eigenvalue weighted by atomic mass is 32.1. The molecular formula is C17H17N3O3S. The van der Waals surface area contributed by atoms with Crippen molar-refractivity contribution in [1.29, 1.82) is 0 Å². The van der Waals surface area contributed by atoms with Crippen LogP contribution in [0.3, 0.4) is 0 Å². The van der Waals surface area contributed by atoms with Crippen LogP contribution in [0.15, 0.2) is 18.2 Å². The van der Waals surface area contributed by atoms with Gasteiger partial charge >= 0.3 is 0 Å². The van der Waals surface area contributed by atoms with E-state index in [1.165, 1.54) is 11.3 Å². The Hall–Kier alpha value is -2.72. The summed E-state index contributed by atoms with van der Waals surface area (Å²) in [7, 11) is 3.38. The van der Waals surface area contributed by atoms with E-state index in [-0.39, 0.29) is 18.4 Å². The molecule has 0 fully saturated rings. The number of carbonyl (C=O) groups excluding carboxylic acids is 1. The Bertz CT molecular complexity index is 810. The van der Waals surface area contributed by atoms with Gasteiger partial charge in [0.2, 0.25) is 5.91 Å². The largest absolute Gasteiger partial charge is 0.493 e. The van der Waals surface area contributed by atoms with Crippen LogP contribution in [0, 0.1) is 12.3 Å². The smallest absolute Gasteiger partial charge is 0.226 e. The molecule has 7 heteroatoms. The second-order valence-corrected chi connectivity index (χ2v) is 6.22. The summed E-state index contributed by atoms with van der Waals surface area (Å²) in [6.07, 6.45) is 5.59. The number of hydrogen-bond donors (Lipinski definition) is 2. The molecule has 0 spiro atoms. The standard InChI is InChI=1S/C17H17N3O3S/c1-4-7-23-12-6-5-10(8-13(12)22-3)11-9-14(21)19-16-15(11)24-17(18-2)20-16/h1,5-6,8,11H,7,9H2,2-3H3,(H,18,20)(H,19,21)/t11-/m1/s1. The number of methoxy groups -OCH3 is 1. The maximum atomic E-state index is 12.0. The molecule has 1 aliphatic heterocycles. The number of nitrogens with zero attached hydrogens (tertiary/aromatic N) is 1. The van der Waals surface area contributed by atoms with Crippen LogP contribution in [0.1, 0.15) is 22.8 Å². The van der Waals surface area contributed by atoms with E-state index in [4.69, 9.17) is 15.9 Å². The van der Waals surface area contributed by atoms with Crippen molar-refractivity contribution < 1.29 is 14.3 Å². The van der Waals surface area contributed by atoms with Crippen LogP contribution in [-0.2, 0) is 4.79 Å². The quantitative estimate of drug-likeness (QED) is 0.817. The lowest BCUT2D eigenvalue weighted by Gasteiger charge is -2.22. The molecule has 2 aromatic rings. The number of carbonyl (C=O) groups is 1. The molecule has 0 unspecified atom stereocenters. The van der Waals surface area contributed by atoms with Crippen molar-refractivity contribution in [3.05, 3.63) is 28.6 Å². The minimum atomic E-state index is -0.0658. The SMILES string of the molecule is C#CCOc1ccc([C@H]2CC(=O)Nc3nc(NC)sc32)cc1OC. The van der Waals surface area contributed by atoms with Gasteiger partial charge in [-0.15, -0.1) is 6.42 Å². The Balaban J connectivity index is 1.98. The number of anilines is 2. The van der Waals surface area contributed by atoms with Crippen molar-refractivity contribution in [3.8, 4) is 23.8 Å². The Kier molecular flexibility index (Phi) is 4.58. The molecule has 1 aromatic carbocycles. The van der Waals surface area contributed by atoms with Gasteiger partial charge in [-0.3, -0.25) is 4.79 Å². The lowest BCUT2D eigenvalue weighted by molar-refractivity contribution is -0.116. The van der Waals surface area contributed by atoms with Crippen molar-refractivity contribution in [2.75, 3.05) is 31.4 Å². The van der Waals surface area contributed by atoms with Crippen LogP contribution in [0.4, 0.5) is 10.9 Å². The van der Waals surface area contributed by atoms with Crippen LogP contribution >= 0.6 is 11.3 Å². The lowest BCUT2D eigenvalue weighted by Crippen LogP contribution is -2.22. The molecule has 0 radical (unpaired) electrons. The Morgan fingerprint density at radius 1 is 1.50 bits per heavy atom. The van der Waals surface area contributed by atoms with Crippen LogP contribution in [-0.4, -0.2) is 31.7 Å². The van der Waals surface area contributed by atoms with E-state index in [9.17, 15) is 4.79 Å². The molecule has 2 heterocycles. The van der Waals surface area contributed by atoms with Gasteiger partial charge in [0.25, 0.3) is 0 Å². The molecule has 1 atom stereocenters. The third kappa shape index (κ3) is 3.01. The molecule has 24 heavy (non-hydrogen) atoms. The van der Waals surface area contributed by atoms with Crippen molar-refractivity contribution in [2.45, 2.75) is 12.3 Å². The zero-order chi connectivity index (χ0) is 17.1. The normalized spacial score (nSPS) is 15.9. The second kappa shape index (κ2) is 6.81. The predicted molar refractivity (Wildman–Crippen MR) is 94.1 cm³/mol. The van der Waals surface area contributed by atoms with Crippen LogP contribution in [0.5, 0.6) is 11.5 Å². The average molecular weight is 343 g/mol. The first-order valence-corrected chi connectivity index (χ1v) is 8.20. The number of benzene rings is 1. The summed E-state index contributed by atoms with van der Waals surface area (Å²) >= 11 is 1.54. The summed E-state index contributed by atoms with van der Waals surface area (Å²) in [5.74, 6) is 4.11. The van der Waals surface area contributed by atoms with E-state index in [1.54, 1.807) is 7.11 Å².